The molecule has 7 nitrogen and oxygen atoms in total. The summed E-state index contributed by atoms with van der Waals surface area (Å²) in [5.74, 6) is 2.20. The third kappa shape index (κ3) is 3.67. The summed E-state index contributed by atoms with van der Waals surface area (Å²) in [6.07, 6.45) is 5.03. The Morgan fingerprint density at radius 1 is 1.11 bits per heavy atom. The number of nitrogens with zero attached hydrogens (tertiary/aromatic N) is 4. The molecular formula is C20H20N4O3. The minimum absolute atomic E-state index is 0.0432. The summed E-state index contributed by atoms with van der Waals surface area (Å²) in [7, 11) is 1.61. The Bertz CT molecular complexity index is 900. The summed E-state index contributed by atoms with van der Waals surface area (Å²) in [4.78, 5) is 23.1. The molecule has 0 saturated carbocycles. The highest BCUT2D eigenvalue weighted by Crippen LogP contribution is 2.28. The zero-order valence-electron chi connectivity index (χ0n) is 15.0. The van der Waals surface area contributed by atoms with Gasteiger partial charge in [0.15, 0.2) is 5.82 Å². The molecule has 0 radical (unpaired) electrons. The summed E-state index contributed by atoms with van der Waals surface area (Å²) in [6.45, 7) is 1.35. The van der Waals surface area contributed by atoms with Crippen LogP contribution >= 0.6 is 0 Å². The lowest BCUT2D eigenvalue weighted by Crippen LogP contribution is -2.38. The van der Waals surface area contributed by atoms with E-state index in [1.165, 1.54) is 0 Å². The van der Waals surface area contributed by atoms with E-state index in [0.717, 1.165) is 24.2 Å². The van der Waals surface area contributed by atoms with Crippen LogP contribution in [0.3, 0.4) is 0 Å². The van der Waals surface area contributed by atoms with E-state index >= 15 is 0 Å². The number of benzene rings is 1. The number of hydrogen-bond acceptors (Lipinski definition) is 6. The second-order valence-electron chi connectivity index (χ2n) is 6.49. The van der Waals surface area contributed by atoms with Crippen LogP contribution in [-0.2, 0) is 0 Å². The van der Waals surface area contributed by atoms with Gasteiger partial charge in [0.05, 0.1) is 7.11 Å². The molecule has 27 heavy (non-hydrogen) atoms. The molecule has 0 spiro atoms. The van der Waals surface area contributed by atoms with Gasteiger partial charge < -0.3 is 14.2 Å². The van der Waals surface area contributed by atoms with Crippen LogP contribution in [0.4, 0.5) is 0 Å². The van der Waals surface area contributed by atoms with Crippen LogP contribution in [0, 0.1) is 0 Å². The second kappa shape index (κ2) is 7.57. The minimum atomic E-state index is 0.0432. The number of amides is 1. The maximum Gasteiger partial charge on any atom is 0.258 e. The summed E-state index contributed by atoms with van der Waals surface area (Å²) in [6, 6.07) is 10.9. The average molecular weight is 364 g/mol. The summed E-state index contributed by atoms with van der Waals surface area (Å²) < 4.78 is 10.5. The Balaban J connectivity index is 1.39. The second-order valence-corrected chi connectivity index (χ2v) is 6.49. The number of carbonyl (C=O) groups is 1. The Morgan fingerprint density at radius 3 is 2.48 bits per heavy atom. The van der Waals surface area contributed by atoms with Gasteiger partial charge in [0, 0.05) is 42.5 Å². The van der Waals surface area contributed by atoms with E-state index in [-0.39, 0.29) is 11.8 Å². The molecule has 1 amide bonds. The first-order valence-corrected chi connectivity index (χ1v) is 8.92. The van der Waals surface area contributed by atoms with E-state index in [0.29, 0.717) is 30.4 Å². The molecule has 1 fully saturated rings. The summed E-state index contributed by atoms with van der Waals surface area (Å²) in [5.41, 5.74) is 1.53. The number of piperidine rings is 1. The smallest absolute Gasteiger partial charge is 0.258 e. The van der Waals surface area contributed by atoms with Gasteiger partial charge in [0.25, 0.3) is 11.8 Å². The molecule has 1 saturated heterocycles. The molecule has 3 heterocycles. The number of rotatable bonds is 4. The highest BCUT2D eigenvalue weighted by molar-refractivity contribution is 5.94. The molecule has 0 unspecified atom stereocenters. The summed E-state index contributed by atoms with van der Waals surface area (Å²) >= 11 is 0. The lowest BCUT2D eigenvalue weighted by molar-refractivity contribution is 0.0710. The van der Waals surface area contributed by atoms with Gasteiger partial charge in [0.2, 0.25) is 0 Å². The molecular weight excluding hydrogens is 344 g/mol. The molecule has 138 valence electrons. The highest BCUT2D eigenvalue weighted by atomic mass is 16.5. The van der Waals surface area contributed by atoms with Crippen LogP contribution in [0.5, 0.6) is 5.75 Å². The monoisotopic (exact) mass is 364 g/mol. The first-order valence-electron chi connectivity index (χ1n) is 8.92. The molecule has 1 aliphatic rings. The van der Waals surface area contributed by atoms with Gasteiger partial charge in [-0.25, -0.2) is 0 Å². The van der Waals surface area contributed by atoms with Crippen molar-refractivity contribution in [2.75, 3.05) is 20.2 Å². The molecule has 0 bridgehead atoms. The van der Waals surface area contributed by atoms with Gasteiger partial charge in [-0.3, -0.25) is 9.78 Å². The molecule has 0 aliphatic carbocycles. The maximum absolute atomic E-state index is 12.7. The molecule has 7 heteroatoms. The topological polar surface area (TPSA) is 81.4 Å². The van der Waals surface area contributed by atoms with Gasteiger partial charge in [-0.05, 0) is 49.2 Å². The fourth-order valence-corrected chi connectivity index (χ4v) is 3.27. The zero-order chi connectivity index (χ0) is 18.6. The van der Waals surface area contributed by atoms with Gasteiger partial charge in [-0.15, -0.1) is 0 Å². The third-order valence-electron chi connectivity index (χ3n) is 4.85. The zero-order valence-corrected chi connectivity index (χ0v) is 15.0. The number of carbonyl (C=O) groups excluding carboxylic acids is 1. The number of ether oxygens (including phenoxy) is 1. The summed E-state index contributed by atoms with van der Waals surface area (Å²) in [5, 5.41) is 4.14. The van der Waals surface area contributed by atoms with Crippen LogP contribution in [0.1, 0.15) is 34.9 Å². The van der Waals surface area contributed by atoms with Crippen LogP contribution < -0.4 is 4.74 Å². The van der Waals surface area contributed by atoms with E-state index < -0.39 is 0 Å². The third-order valence-corrected chi connectivity index (χ3v) is 4.85. The SMILES string of the molecule is COc1ccc(C(=O)N2CCC(c3noc(-c4ccncc4)n3)CC2)cc1. The van der Waals surface area contributed by atoms with Crippen molar-refractivity contribution in [3.05, 3.63) is 60.2 Å². The first-order chi connectivity index (χ1) is 13.2. The Hall–Kier alpha value is -3.22. The van der Waals surface area contributed by atoms with Gasteiger partial charge in [0.1, 0.15) is 5.75 Å². The number of pyridine rings is 1. The van der Waals surface area contributed by atoms with Gasteiger partial charge in [-0.2, -0.15) is 4.98 Å². The number of methoxy groups -OCH3 is 1. The van der Waals surface area contributed by atoms with Crippen molar-refractivity contribution >= 4 is 5.91 Å². The largest absolute Gasteiger partial charge is 0.497 e. The molecule has 4 rings (SSSR count). The fourth-order valence-electron chi connectivity index (χ4n) is 3.27. The van der Waals surface area contributed by atoms with Crippen LogP contribution in [-0.4, -0.2) is 46.1 Å². The number of likely N-dealkylation sites (tertiary alicyclic amines) is 1. The number of aromatic nitrogens is 3. The van der Waals surface area contributed by atoms with Gasteiger partial charge >= 0.3 is 0 Å². The Kier molecular flexibility index (Phi) is 4.82. The highest BCUT2D eigenvalue weighted by Gasteiger charge is 2.27. The molecule has 0 atom stereocenters. The van der Waals surface area contributed by atoms with Crippen LogP contribution in [0.15, 0.2) is 53.3 Å². The van der Waals surface area contributed by atoms with E-state index in [4.69, 9.17) is 9.26 Å². The van der Waals surface area contributed by atoms with Crippen molar-refractivity contribution in [1.29, 1.82) is 0 Å². The van der Waals surface area contributed by atoms with Crippen molar-refractivity contribution in [3.63, 3.8) is 0 Å². The molecule has 3 aromatic rings. The quantitative estimate of drug-likeness (QED) is 0.707. The normalized spacial score (nSPS) is 14.9. The van der Waals surface area contributed by atoms with E-state index in [9.17, 15) is 4.79 Å². The average Bonchev–Trinajstić information content (AvgIpc) is 3.24. The lowest BCUT2D eigenvalue weighted by atomic mass is 9.95. The van der Waals surface area contributed by atoms with Crippen LogP contribution in [0.2, 0.25) is 0 Å². The Labute approximate surface area is 157 Å². The maximum atomic E-state index is 12.7. The number of hydrogen-bond donors (Lipinski definition) is 0. The van der Waals surface area contributed by atoms with Crippen LogP contribution in [0.25, 0.3) is 11.5 Å². The van der Waals surface area contributed by atoms with Crippen molar-refractivity contribution in [2.24, 2.45) is 0 Å². The minimum Gasteiger partial charge on any atom is -0.497 e. The molecule has 1 aliphatic heterocycles. The van der Waals surface area contributed by atoms with Crippen molar-refractivity contribution in [3.8, 4) is 17.2 Å². The van der Waals surface area contributed by atoms with Crippen molar-refractivity contribution in [1.82, 2.24) is 20.0 Å². The van der Waals surface area contributed by atoms with Gasteiger partial charge in [-0.1, -0.05) is 5.16 Å². The van der Waals surface area contributed by atoms with E-state index in [1.54, 1.807) is 43.8 Å². The molecule has 1 aromatic carbocycles. The van der Waals surface area contributed by atoms with Crippen molar-refractivity contribution in [2.45, 2.75) is 18.8 Å². The fraction of sp³-hybridized carbons (Fsp3) is 0.300. The molecule has 0 N–H and O–H groups in total. The first kappa shape index (κ1) is 17.2. The predicted octanol–water partition coefficient (Wildman–Crippen LogP) is 3.16. The standard InChI is InChI=1S/C20H20N4O3/c1-26-17-4-2-16(3-5-17)20(25)24-12-8-14(9-13-24)18-22-19(27-23-18)15-6-10-21-11-7-15/h2-7,10-11,14H,8-9,12-13H2,1H3. The van der Waals surface area contributed by atoms with E-state index in [1.807, 2.05) is 17.0 Å². The van der Waals surface area contributed by atoms with E-state index in [2.05, 4.69) is 15.1 Å². The Morgan fingerprint density at radius 2 is 1.81 bits per heavy atom. The van der Waals surface area contributed by atoms with Crippen molar-refractivity contribution < 1.29 is 14.1 Å². The predicted molar refractivity (Wildman–Crippen MR) is 98.4 cm³/mol. The lowest BCUT2D eigenvalue weighted by Gasteiger charge is -2.30. The molecule has 2 aromatic heterocycles.